The lowest BCUT2D eigenvalue weighted by Crippen LogP contribution is -2.15. The van der Waals surface area contributed by atoms with Gasteiger partial charge in [0.25, 0.3) is 0 Å². The lowest BCUT2D eigenvalue weighted by molar-refractivity contribution is 0.0481. The van der Waals surface area contributed by atoms with Gasteiger partial charge in [-0.3, -0.25) is 4.79 Å². The Morgan fingerprint density at radius 1 is 0.920 bits per heavy atom. The highest BCUT2D eigenvalue weighted by Gasteiger charge is 2.24. The minimum atomic E-state index is -0.637. The van der Waals surface area contributed by atoms with Crippen LogP contribution < -0.4 is 5.43 Å². The molecular weight excluding hydrogens is 340 g/mol. The van der Waals surface area contributed by atoms with Crippen LogP contribution in [0.25, 0.3) is 20.2 Å². The minimum absolute atomic E-state index is 0.0886. The molecule has 5 nitrogen and oxygen atoms in total. The quantitative estimate of drug-likeness (QED) is 0.526. The van der Waals surface area contributed by atoms with Gasteiger partial charge >= 0.3 is 11.9 Å². The fourth-order valence-corrected chi connectivity index (χ4v) is 3.85. The monoisotopic (exact) mass is 356 g/mol. The summed E-state index contributed by atoms with van der Waals surface area (Å²) < 4.78 is 11.3. The Kier molecular flexibility index (Phi) is 4.81. The fourth-order valence-electron chi connectivity index (χ4n) is 2.65. The van der Waals surface area contributed by atoms with Crippen molar-refractivity contribution in [2.45, 2.75) is 13.8 Å². The van der Waals surface area contributed by atoms with E-state index in [0.29, 0.717) is 15.5 Å². The van der Waals surface area contributed by atoms with Gasteiger partial charge in [0, 0.05) is 15.5 Å². The Bertz CT molecular complexity index is 1040. The van der Waals surface area contributed by atoms with Crippen LogP contribution in [-0.4, -0.2) is 25.2 Å². The number of benzene rings is 2. The van der Waals surface area contributed by atoms with Crippen molar-refractivity contribution in [3.63, 3.8) is 0 Å². The number of esters is 2. The first-order chi connectivity index (χ1) is 12.1. The van der Waals surface area contributed by atoms with Crippen molar-refractivity contribution in [2.24, 2.45) is 0 Å². The first kappa shape index (κ1) is 17.1. The molecule has 0 saturated carbocycles. The number of rotatable bonds is 4. The van der Waals surface area contributed by atoms with E-state index in [-0.39, 0.29) is 29.8 Å². The van der Waals surface area contributed by atoms with Gasteiger partial charge in [0.1, 0.15) is 0 Å². The lowest BCUT2D eigenvalue weighted by atomic mass is 10.0. The van der Waals surface area contributed by atoms with Crippen molar-refractivity contribution in [1.29, 1.82) is 0 Å². The van der Waals surface area contributed by atoms with Gasteiger partial charge in [0.15, 0.2) is 5.43 Å². The number of hydrogen-bond acceptors (Lipinski definition) is 6. The molecular formula is C19H16O5S. The summed E-state index contributed by atoms with van der Waals surface area (Å²) in [4.78, 5) is 37.5. The zero-order valence-corrected chi connectivity index (χ0v) is 14.6. The summed E-state index contributed by atoms with van der Waals surface area (Å²) in [6.45, 7) is 3.73. The summed E-state index contributed by atoms with van der Waals surface area (Å²) >= 11 is 1.29. The van der Waals surface area contributed by atoms with Crippen molar-refractivity contribution < 1.29 is 19.1 Å². The van der Waals surface area contributed by atoms with Crippen molar-refractivity contribution >= 4 is 43.4 Å². The Balaban J connectivity index is 2.40. The largest absolute Gasteiger partial charge is 0.462 e. The average molecular weight is 356 g/mol. The molecule has 0 aliphatic heterocycles. The highest BCUT2D eigenvalue weighted by Crippen LogP contribution is 2.30. The van der Waals surface area contributed by atoms with Crippen LogP contribution in [0.1, 0.15) is 34.6 Å². The topological polar surface area (TPSA) is 69.7 Å². The Labute approximate surface area is 147 Å². The maximum Gasteiger partial charge on any atom is 0.340 e. The van der Waals surface area contributed by atoms with Crippen LogP contribution in [-0.2, 0) is 9.47 Å². The summed E-state index contributed by atoms with van der Waals surface area (Å²) in [7, 11) is 0. The summed E-state index contributed by atoms with van der Waals surface area (Å²) in [5.74, 6) is -1.25. The van der Waals surface area contributed by atoms with Crippen LogP contribution in [0.5, 0.6) is 0 Å². The van der Waals surface area contributed by atoms with Gasteiger partial charge in [-0.05, 0) is 38.1 Å². The standard InChI is InChI=1S/C19H16O5S/c1-3-23-18(21)12-9-10-13-16(20)11-7-5-6-8-14(11)25-17(13)15(12)19(22)24-4-2/h5-10H,3-4H2,1-2H3. The molecule has 0 fully saturated rings. The average Bonchev–Trinajstić information content (AvgIpc) is 2.61. The van der Waals surface area contributed by atoms with Crippen LogP contribution in [0.3, 0.4) is 0 Å². The molecule has 0 spiro atoms. The van der Waals surface area contributed by atoms with Gasteiger partial charge in [-0.15, -0.1) is 11.3 Å². The molecule has 128 valence electrons. The zero-order chi connectivity index (χ0) is 18.0. The molecule has 0 aliphatic rings. The molecule has 3 aromatic rings. The molecule has 0 N–H and O–H groups in total. The second kappa shape index (κ2) is 7.03. The van der Waals surface area contributed by atoms with E-state index in [2.05, 4.69) is 0 Å². The van der Waals surface area contributed by atoms with Crippen LogP contribution in [0.15, 0.2) is 41.2 Å². The third-order valence-corrected chi connectivity index (χ3v) is 4.92. The Hall–Kier alpha value is -2.73. The third-order valence-electron chi connectivity index (χ3n) is 3.72. The summed E-state index contributed by atoms with van der Waals surface area (Å²) in [6.07, 6.45) is 0. The van der Waals surface area contributed by atoms with Gasteiger partial charge in [0.2, 0.25) is 0 Å². The van der Waals surface area contributed by atoms with E-state index < -0.39 is 11.9 Å². The van der Waals surface area contributed by atoms with Crippen LogP contribution in [0.4, 0.5) is 0 Å². The van der Waals surface area contributed by atoms with Crippen molar-refractivity contribution in [3.05, 3.63) is 57.7 Å². The molecule has 6 heteroatoms. The fraction of sp³-hybridized carbons (Fsp3) is 0.211. The molecule has 25 heavy (non-hydrogen) atoms. The summed E-state index contributed by atoms with van der Waals surface area (Å²) in [5, 5.41) is 0.971. The number of carbonyl (C=O) groups is 2. The number of hydrogen-bond donors (Lipinski definition) is 0. The second-order valence-electron chi connectivity index (χ2n) is 5.23. The highest BCUT2D eigenvalue weighted by molar-refractivity contribution is 7.25. The van der Waals surface area contributed by atoms with E-state index >= 15 is 0 Å². The molecule has 0 unspecified atom stereocenters. The maximum atomic E-state index is 12.8. The predicted octanol–water partition coefficient (Wildman–Crippen LogP) is 3.77. The second-order valence-corrected chi connectivity index (χ2v) is 6.29. The molecule has 0 atom stereocenters. The minimum Gasteiger partial charge on any atom is -0.462 e. The normalized spacial score (nSPS) is 10.8. The van der Waals surface area contributed by atoms with Gasteiger partial charge in [-0.2, -0.15) is 0 Å². The van der Waals surface area contributed by atoms with Gasteiger partial charge in [-0.25, -0.2) is 9.59 Å². The van der Waals surface area contributed by atoms with Crippen LogP contribution in [0, 0.1) is 0 Å². The summed E-state index contributed by atoms with van der Waals surface area (Å²) in [6, 6.07) is 10.2. The van der Waals surface area contributed by atoms with Crippen LogP contribution in [0.2, 0.25) is 0 Å². The number of fused-ring (bicyclic) bond motifs is 2. The molecule has 0 radical (unpaired) electrons. The summed E-state index contributed by atoms with van der Waals surface area (Å²) in [5.41, 5.74) is 0.0229. The van der Waals surface area contributed by atoms with E-state index in [0.717, 1.165) is 4.70 Å². The maximum absolute atomic E-state index is 12.8. The van der Waals surface area contributed by atoms with Crippen molar-refractivity contribution in [1.82, 2.24) is 0 Å². The van der Waals surface area contributed by atoms with Crippen molar-refractivity contribution in [3.8, 4) is 0 Å². The molecule has 0 saturated heterocycles. The molecule has 2 aromatic carbocycles. The number of ether oxygens (including phenoxy) is 2. The Morgan fingerprint density at radius 3 is 2.32 bits per heavy atom. The number of carbonyl (C=O) groups excluding carboxylic acids is 2. The smallest absolute Gasteiger partial charge is 0.340 e. The molecule has 1 aromatic heterocycles. The first-order valence-electron chi connectivity index (χ1n) is 7.91. The van der Waals surface area contributed by atoms with E-state index in [1.54, 1.807) is 32.0 Å². The zero-order valence-electron chi connectivity index (χ0n) is 13.8. The molecule has 0 bridgehead atoms. The third kappa shape index (κ3) is 3.00. The van der Waals surface area contributed by atoms with Crippen molar-refractivity contribution in [2.75, 3.05) is 13.2 Å². The molecule has 0 aliphatic carbocycles. The first-order valence-corrected chi connectivity index (χ1v) is 8.72. The van der Waals surface area contributed by atoms with Gasteiger partial charge in [-0.1, -0.05) is 12.1 Å². The molecule has 3 rings (SSSR count). The predicted molar refractivity (Wildman–Crippen MR) is 97.5 cm³/mol. The van der Waals surface area contributed by atoms with E-state index in [1.165, 1.54) is 17.4 Å². The van der Waals surface area contributed by atoms with E-state index in [4.69, 9.17) is 9.47 Å². The highest BCUT2D eigenvalue weighted by atomic mass is 32.1. The van der Waals surface area contributed by atoms with E-state index in [1.807, 2.05) is 12.1 Å². The molecule has 1 heterocycles. The van der Waals surface area contributed by atoms with Crippen LogP contribution >= 0.6 is 11.3 Å². The lowest BCUT2D eigenvalue weighted by Gasteiger charge is -2.11. The molecule has 0 amide bonds. The van der Waals surface area contributed by atoms with Gasteiger partial charge in [0.05, 0.1) is 29.0 Å². The SMILES string of the molecule is CCOC(=O)c1ccc2c(=O)c3ccccc3sc2c1C(=O)OCC. The van der Waals surface area contributed by atoms with E-state index in [9.17, 15) is 14.4 Å². The van der Waals surface area contributed by atoms with Gasteiger partial charge < -0.3 is 9.47 Å². The Morgan fingerprint density at radius 2 is 1.60 bits per heavy atom.